The molecule has 0 radical (unpaired) electrons. The fourth-order valence-corrected chi connectivity index (χ4v) is 3.77. The van der Waals surface area contributed by atoms with Crippen molar-refractivity contribution in [2.45, 2.75) is 39.8 Å². The van der Waals surface area contributed by atoms with E-state index in [1.54, 1.807) is 12.1 Å². The van der Waals surface area contributed by atoms with Crippen molar-refractivity contribution in [3.63, 3.8) is 0 Å². The van der Waals surface area contributed by atoms with Crippen LogP contribution in [0.25, 0.3) is 0 Å². The van der Waals surface area contributed by atoms with Crippen molar-refractivity contribution in [3.05, 3.63) is 101 Å². The van der Waals surface area contributed by atoms with E-state index < -0.39 is 17.8 Å². The average Bonchev–Trinajstić information content (AvgIpc) is 2.84. The van der Waals surface area contributed by atoms with Crippen LogP contribution in [0.3, 0.4) is 0 Å². The van der Waals surface area contributed by atoms with Crippen LogP contribution in [0.2, 0.25) is 0 Å². The van der Waals surface area contributed by atoms with Gasteiger partial charge in [-0.15, -0.1) is 0 Å². The van der Waals surface area contributed by atoms with Gasteiger partial charge in [-0.2, -0.15) is 0 Å². The highest BCUT2D eigenvalue weighted by Gasteiger charge is 2.31. The molecule has 0 saturated carbocycles. The van der Waals surface area contributed by atoms with Crippen molar-refractivity contribution in [3.8, 4) is 5.75 Å². The predicted octanol–water partition coefficient (Wildman–Crippen LogP) is 4.93. The van der Waals surface area contributed by atoms with E-state index in [4.69, 9.17) is 4.74 Å². The van der Waals surface area contributed by atoms with Gasteiger partial charge in [0.15, 0.2) is 18.2 Å². The standard InChI is InChI=1S/C29H33FN2O3/c1-21(2)18-31-29(34)26(17-23-11-5-4-6-12-23)32(19-24-13-9-10-22(3)16-24)28(33)20-35-27-15-8-7-14-25(27)30/h4-16,21,26H,17-20H2,1-3H3,(H,31,34)/t26-/m0/s1. The Morgan fingerprint density at radius 3 is 2.31 bits per heavy atom. The molecule has 0 saturated heterocycles. The lowest BCUT2D eigenvalue weighted by atomic mass is 10.0. The highest BCUT2D eigenvalue weighted by atomic mass is 19.1. The molecule has 0 unspecified atom stereocenters. The summed E-state index contributed by atoms with van der Waals surface area (Å²) >= 11 is 0. The molecular weight excluding hydrogens is 443 g/mol. The molecule has 3 aromatic rings. The van der Waals surface area contributed by atoms with Gasteiger partial charge < -0.3 is 15.0 Å². The Hall–Kier alpha value is -3.67. The highest BCUT2D eigenvalue weighted by molar-refractivity contribution is 5.88. The number of nitrogens with zero attached hydrogens (tertiary/aromatic N) is 1. The number of ether oxygens (including phenoxy) is 1. The van der Waals surface area contributed by atoms with E-state index in [-0.39, 0.29) is 30.7 Å². The molecule has 0 bridgehead atoms. The number of rotatable bonds is 11. The number of hydrogen-bond acceptors (Lipinski definition) is 3. The lowest BCUT2D eigenvalue weighted by Gasteiger charge is -2.31. The number of carbonyl (C=O) groups excluding carboxylic acids is 2. The van der Waals surface area contributed by atoms with E-state index in [1.807, 2.05) is 75.4 Å². The summed E-state index contributed by atoms with van der Waals surface area (Å²) in [7, 11) is 0. The molecule has 0 aliphatic rings. The minimum absolute atomic E-state index is 0.000208. The van der Waals surface area contributed by atoms with Gasteiger partial charge in [0.1, 0.15) is 6.04 Å². The Morgan fingerprint density at radius 2 is 1.63 bits per heavy atom. The Morgan fingerprint density at radius 1 is 0.943 bits per heavy atom. The van der Waals surface area contributed by atoms with E-state index in [0.29, 0.717) is 13.0 Å². The number of hydrogen-bond donors (Lipinski definition) is 1. The van der Waals surface area contributed by atoms with Crippen LogP contribution in [0.5, 0.6) is 5.75 Å². The second-order valence-corrected chi connectivity index (χ2v) is 9.07. The normalized spacial score (nSPS) is 11.7. The summed E-state index contributed by atoms with van der Waals surface area (Å²) in [6.45, 7) is 6.37. The summed E-state index contributed by atoms with van der Waals surface area (Å²) in [5.74, 6) is -0.896. The average molecular weight is 477 g/mol. The molecule has 1 atom stereocenters. The lowest BCUT2D eigenvalue weighted by Crippen LogP contribution is -2.52. The van der Waals surface area contributed by atoms with Crippen molar-refractivity contribution in [2.24, 2.45) is 5.92 Å². The minimum atomic E-state index is -0.756. The van der Waals surface area contributed by atoms with Crippen molar-refractivity contribution < 1.29 is 18.7 Å². The van der Waals surface area contributed by atoms with Gasteiger partial charge >= 0.3 is 0 Å². The Labute approximate surface area is 206 Å². The van der Waals surface area contributed by atoms with Gasteiger partial charge in [0.2, 0.25) is 5.91 Å². The van der Waals surface area contributed by atoms with E-state index in [1.165, 1.54) is 17.0 Å². The maximum Gasteiger partial charge on any atom is 0.261 e. The first-order valence-electron chi connectivity index (χ1n) is 11.9. The zero-order chi connectivity index (χ0) is 25.2. The van der Waals surface area contributed by atoms with E-state index in [0.717, 1.165) is 16.7 Å². The van der Waals surface area contributed by atoms with Crippen molar-refractivity contribution in [1.29, 1.82) is 0 Å². The first kappa shape index (κ1) is 25.9. The second-order valence-electron chi connectivity index (χ2n) is 9.07. The van der Waals surface area contributed by atoms with Crippen LogP contribution in [-0.4, -0.2) is 35.9 Å². The number of carbonyl (C=O) groups is 2. The fraction of sp³-hybridized carbons (Fsp3) is 0.310. The third kappa shape index (κ3) is 7.95. The van der Waals surface area contributed by atoms with Crippen LogP contribution < -0.4 is 10.1 Å². The van der Waals surface area contributed by atoms with Gasteiger partial charge in [0.05, 0.1) is 0 Å². The summed E-state index contributed by atoms with van der Waals surface area (Å²) in [4.78, 5) is 28.4. The molecule has 0 heterocycles. The Kier molecular flexibility index (Phi) is 9.41. The minimum Gasteiger partial charge on any atom is -0.481 e. The summed E-state index contributed by atoms with van der Waals surface area (Å²) < 4.78 is 19.6. The Balaban J connectivity index is 1.91. The molecule has 6 heteroatoms. The quantitative estimate of drug-likeness (QED) is 0.427. The maximum atomic E-state index is 14.1. The third-order valence-electron chi connectivity index (χ3n) is 5.58. The number of nitrogens with one attached hydrogen (secondary N) is 1. The van der Waals surface area contributed by atoms with E-state index in [2.05, 4.69) is 5.32 Å². The molecule has 35 heavy (non-hydrogen) atoms. The number of para-hydroxylation sites is 1. The number of amides is 2. The van der Waals surface area contributed by atoms with Gasteiger partial charge in [-0.1, -0.05) is 86.1 Å². The second kappa shape index (κ2) is 12.7. The molecule has 184 valence electrons. The SMILES string of the molecule is Cc1cccc(CN(C(=O)COc2ccccc2F)[C@@H](Cc2ccccc2)C(=O)NCC(C)C)c1. The van der Waals surface area contributed by atoms with Crippen molar-refractivity contribution in [1.82, 2.24) is 10.2 Å². The zero-order valence-corrected chi connectivity index (χ0v) is 20.5. The number of halogens is 1. The summed E-state index contributed by atoms with van der Waals surface area (Å²) in [5.41, 5.74) is 2.90. The van der Waals surface area contributed by atoms with E-state index in [9.17, 15) is 14.0 Å². The molecule has 0 aliphatic carbocycles. The summed E-state index contributed by atoms with van der Waals surface area (Å²) in [6, 6.07) is 22.6. The van der Waals surface area contributed by atoms with Gasteiger partial charge in [0.25, 0.3) is 5.91 Å². The topological polar surface area (TPSA) is 58.6 Å². The molecule has 0 spiro atoms. The van der Waals surface area contributed by atoms with Crippen LogP contribution in [0, 0.1) is 18.7 Å². The van der Waals surface area contributed by atoms with Gasteiger partial charge in [-0.25, -0.2) is 4.39 Å². The molecule has 0 aliphatic heterocycles. The van der Waals surface area contributed by atoms with Crippen LogP contribution in [0.15, 0.2) is 78.9 Å². The van der Waals surface area contributed by atoms with Crippen LogP contribution in [-0.2, 0) is 22.6 Å². The summed E-state index contributed by atoms with van der Waals surface area (Å²) in [5, 5.41) is 2.98. The van der Waals surface area contributed by atoms with Gasteiger partial charge in [0, 0.05) is 19.5 Å². The maximum absolute atomic E-state index is 14.1. The zero-order valence-electron chi connectivity index (χ0n) is 20.5. The van der Waals surface area contributed by atoms with E-state index >= 15 is 0 Å². The molecule has 5 nitrogen and oxygen atoms in total. The first-order valence-corrected chi connectivity index (χ1v) is 11.9. The van der Waals surface area contributed by atoms with Crippen molar-refractivity contribution >= 4 is 11.8 Å². The molecular formula is C29H33FN2O3. The largest absolute Gasteiger partial charge is 0.481 e. The predicted molar refractivity (Wildman–Crippen MR) is 135 cm³/mol. The first-order chi connectivity index (χ1) is 16.8. The fourth-order valence-electron chi connectivity index (χ4n) is 3.77. The third-order valence-corrected chi connectivity index (χ3v) is 5.58. The number of aryl methyl sites for hydroxylation is 1. The van der Waals surface area contributed by atoms with Crippen LogP contribution >= 0.6 is 0 Å². The molecule has 3 rings (SSSR count). The Bertz CT molecular complexity index is 1120. The van der Waals surface area contributed by atoms with Crippen LogP contribution in [0.4, 0.5) is 4.39 Å². The monoisotopic (exact) mass is 476 g/mol. The molecule has 3 aromatic carbocycles. The molecule has 0 aromatic heterocycles. The van der Waals surface area contributed by atoms with Crippen LogP contribution in [0.1, 0.15) is 30.5 Å². The smallest absolute Gasteiger partial charge is 0.261 e. The molecule has 1 N–H and O–H groups in total. The number of benzene rings is 3. The summed E-state index contributed by atoms with van der Waals surface area (Å²) in [6.07, 6.45) is 0.349. The van der Waals surface area contributed by atoms with Gasteiger partial charge in [-0.3, -0.25) is 9.59 Å². The molecule has 0 fully saturated rings. The lowest BCUT2D eigenvalue weighted by molar-refractivity contribution is -0.142. The van der Waals surface area contributed by atoms with Gasteiger partial charge in [-0.05, 0) is 36.1 Å². The molecule has 2 amide bonds. The highest BCUT2D eigenvalue weighted by Crippen LogP contribution is 2.18. The van der Waals surface area contributed by atoms with Crippen molar-refractivity contribution in [2.75, 3.05) is 13.2 Å².